The smallest absolute Gasteiger partial charge is 0.237 e. The lowest BCUT2D eigenvalue weighted by Crippen LogP contribution is -1.87. The third-order valence-corrected chi connectivity index (χ3v) is 3.37. The number of aromatic nitrogens is 2. The van der Waals surface area contributed by atoms with E-state index >= 15 is 0 Å². The van der Waals surface area contributed by atoms with Gasteiger partial charge < -0.3 is 9.26 Å². The van der Waals surface area contributed by atoms with E-state index in [1.807, 2.05) is 24.3 Å². The third kappa shape index (κ3) is 3.50. The van der Waals surface area contributed by atoms with Crippen molar-refractivity contribution in [3.8, 4) is 5.75 Å². The van der Waals surface area contributed by atoms with Gasteiger partial charge in [0.1, 0.15) is 5.75 Å². The Hall–Kier alpha value is -1.49. The van der Waals surface area contributed by atoms with Gasteiger partial charge in [0, 0.05) is 11.3 Å². The molecule has 5 heteroatoms. The van der Waals surface area contributed by atoms with Crippen molar-refractivity contribution in [3.63, 3.8) is 0 Å². The van der Waals surface area contributed by atoms with Crippen molar-refractivity contribution < 1.29 is 9.26 Å². The average Bonchev–Trinajstić information content (AvgIpc) is 2.85. The molecule has 96 valence electrons. The second kappa shape index (κ2) is 6.44. The summed E-state index contributed by atoms with van der Waals surface area (Å²) in [7, 11) is 1.67. The number of benzene rings is 1. The second-order valence-electron chi connectivity index (χ2n) is 3.82. The highest BCUT2D eigenvalue weighted by molar-refractivity contribution is 7.98. The minimum atomic E-state index is 0.672. The van der Waals surface area contributed by atoms with Gasteiger partial charge in [0.25, 0.3) is 0 Å². The summed E-state index contributed by atoms with van der Waals surface area (Å²) < 4.78 is 10.4. The normalized spacial score (nSPS) is 10.6. The Morgan fingerprint density at radius 3 is 3.06 bits per heavy atom. The summed E-state index contributed by atoms with van der Waals surface area (Å²) in [6.45, 7) is 2.10. The summed E-state index contributed by atoms with van der Waals surface area (Å²) in [4.78, 5) is 5.46. The van der Waals surface area contributed by atoms with Gasteiger partial charge in [-0.3, -0.25) is 0 Å². The molecule has 0 saturated carbocycles. The van der Waals surface area contributed by atoms with Crippen molar-refractivity contribution in [2.45, 2.75) is 30.4 Å². The van der Waals surface area contributed by atoms with Gasteiger partial charge in [-0.2, -0.15) is 4.98 Å². The van der Waals surface area contributed by atoms with Gasteiger partial charge in [0.15, 0.2) is 5.82 Å². The molecule has 4 nitrogen and oxygen atoms in total. The fourth-order valence-electron chi connectivity index (χ4n) is 1.51. The molecular formula is C13H16N2O2S. The first-order chi connectivity index (χ1) is 8.81. The summed E-state index contributed by atoms with van der Waals surface area (Å²) >= 11 is 1.66. The molecule has 0 bridgehead atoms. The zero-order valence-corrected chi connectivity index (χ0v) is 11.4. The molecule has 2 rings (SSSR count). The highest BCUT2D eigenvalue weighted by Crippen LogP contribution is 2.25. The van der Waals surface area contributed by atoms with Gasteiger partial charge in [0.2, 0.25) is 5.89 Å². The van der Waals surface area contributed by atoms with E-state index in [1.54, 1.807) is 18.9 Å². The molecule has 0 radical (unpaired) electrons. The van der Waals surface area contributed by atoms with Crippen molar-refractivity contribution in [1.82, 2.24) is 10.1 Å². The Morgan fingerprint density at radius 2 is 2.28 bits per heavy atom. The van der Waals surface area contributed by atoms with Crippen LogP contribution in [0.25, 0.3) is 0 Å². The molecular weight excluding hydrogens is 248 g/mol. The minimum Gasteiger partial charge on any atom is -0.497 e. The van der Waals surface area contributed by atoms with Crippen LogP contribution in [0.4, 0.5) is 0 Å². The lowest BCUT2D eigenvalue weighted by Gasteiger charge is -2.02. The van der Waals surface area contributed by atoms with E-state index in [2.05, 4.69) is 17.1 Å². The fraction of sp³-hybridized carbons (Fsp3) is 0.385. The van der Waals surface area contributed by atoms with Gasteiger partial charge in [-0.1, -0.05) is 18.1 Å². The monoisotopic (exact) mass is 264 g/mol. The van der Waals surface area contributed by atoms with Crippen LogP contribution in [0.15, 0.2) is 33.7 Å². The lowest BCUT2D eigenvalue weighted by atomic mass is 10.3. The van der Waals surface area contributed by atoms with E-state index in [-0.39, 0.29) is 0 Å². The standard InChI is InChI=1S/C13H16N2O2S/c1-3-5-12-14-13(17-15-12)9-18-11-7-4-6-10(8-11)16-2/h4,6-8H,3,5,9H2,1-2H3. The van der Waals surface area contributed by atoms with Crippen LogP contribution >= 0.6 is 11.8 Å². The van der Waals surface area contributed by atoms with Crippen molar-refractivity contribution in [2.75, 3.05) is 7.11 Å². The van der Waals surface area contributed by atoms with Crippen LogP contribution in [0.3, 0.4) is 0 Å². The van der Waals surface area contributed by atoms with Crippen LogP contribution < -0.4 is 4.74 Å². The maximum absolute atomic E-state index is 5.18. The Labute approximate surface area is 111 Å². The molecule has 18 heavy (non-hydrogen) atoms. The summed E-state index contributed by atoms with van der Waals surface area (Å²) in [5.41, 5.74) is 0. The molecule has 0 N–H and O–H groups in total. The largest absolute Gasteiger partial charge is 0.497 e. The summed E-state index contributed by atoms with van der Waals surface area (Å²) in [5, 5.41) is 3.93. The predicted octanol–water partition coefficient (Wildman–Crippen LogP) is 3.32. The van der Waals surface area contributed by atoms with Gasteiger partial charge in [-0.05, 0) is 24.6 Å². The Balaban J connectivity index is 1.93. The summed E-state index contributed by atoms with van der Waals surface area (Å²) in [5.74, 6) is 3.01. The molecule has 0 unspecified atom stereocenters. The van der Waals surface area contributed by atoms with E-state index in [0.29, 0.717) is 11.6 Å². The van der Waals surface area contributed by atoms with Crippen LogP contribution in [0.1, 0.15) is 25.1 Å². The van der Waals surface area contributed by atoms with E-state index in [1.165, 1.54) is 0 Å². The number of methoxy groups -OCH3 is 1. The maximum Gasteiger partial charge on any atom is 0.237 e. The van der Waals surface area contributed by atoms with Gasteiger partial charge in [-0.15, -0.1) is 11.8 Å². The lowest BCUT2D eigenvalue weighted by molar-refractivity contribution is 0.384. The van der Waals surface area contributed by atoms with E-state index in [0.717, 1.165) is 29.3 Å². The maximum atomic E-state index is 5.18. The molecule has 1 heterocycles. The van der Waals surface area contributed by atoms with Crippen LogP contribution in [0, 0.1) is 0 Å². The predicted molar refractivity (Wildman–Crippen MR) is 70.8 cm³/mol. The first-order valence-electron chi connectivity index (χ1n) is 5.90. The first kappa shape index (κ1) is 13.0. The molecule has 0 amide bonds. The SMILES string of the molecule is CCCc1noc(CSc2cccc(OC)c2)n1. The number of ether oxygens (including phenoxy) is 1. The Kier molecular flexibility index (Phi) is 4.64. The van der Waals surface area contributed by atoms with E-state index < -0.39 is 0 Å². The number of hydrogen-bond acceptors (Lipinski definition) is 5. The van der Waals surface area contributed by atoms with Crippen molar-refractivity contribution in [3.05, 3.63) is 36.0 Å². The highest BCUT2D eigenvalue weighted by Gasteiger charge is 2.06. The zero-order chi connectivity index (χ0) is 12.8. The van der Waals surface area contributed by atoms with Crippen molar-refractivity contribution >= 4 is 11.8 Å². The molecule has 0 aliphatic rings. The highest BCUT2D eigenvalue weighted by atomic mass is 32.2. The van der Waals surface area contributed by atoms with Crippen LogP contribution in [0.2, 0.25) is 0 Å². The van der Waals surface area contributed by atoms with Crippen LogP contribution in [-0.4, -0.2) is 17.3 Å². The average molecular weight is 264 g/mol. The molecule has 0 aliphatic carbocycles. The molecule has 0 fully saturated rings. The molecule has 1 aromatic carbocycles. The van der Waals surface area contributed by atoms with Gasteiger partial charge in [-0.25, -0.2) is 0 Å². The molecule has 0 atom stereocenters. The van der Waals surface area contributed by atoms with E-state index in [9.17, 15) is 0 Å². The van der Waals surface area contributed by atoms with Gasteiger partial charge >= 0.3 is 0 Å². The fourth-order valence-corrected chi connectivity index (χ4v) is 2.29. The number of aryl methyl sites for hydroxylation is 1. The molecule has 2 aromatic rings. The van der Waals surface area contributed by atoms with Crippen LogP contribution in [-0.2, 0) is 12.2 Å². The summed E-state index contributed by atoms with van der Waals surface area (Å²) in [6.07, 6.45) is 1.90. The minimum absolute atomic E-state index is 0.672. The van der Waals surface area contributed by atoms with Crippen molar-refractivity contribution in [2.24, 2.45) is 0 Å². The van der Waals surface area contributed by atoms with E-state index in [4.69, 9.17) is 9.26 Å². The first-order valence-corrected chi connectivity index (χ1v) is 6.88. The third-order valence-electron chi connectivity index (χ3n) is 2.39. The molecule has 0 saturated heterocycles. The number of thioether (sulfide) groups is 1. The molecule has 0 spiro atoms. The zero-order valence-electron chi connectivity index (χ0n) is 10.5. The Bertz CT molecular complexity index is 499. The quantitative estimate of drug-likeness (QED) is 0.749. The topological polar surface area (TPSA) is 48.2 Å². The van der Waals surface area contributed by atoms with Crippen molar-refractivity contribution in [1.29, 1.82) is 0 Å². The number of nitrogens with zero attached hydrogens (tertiary/aromatic N) is 2. The second-order valence-corrected chi connectivity index (χ2v) is 4.87. The number of hydrogen-bond donors (Lipinski definition) is 0. The van der Waals surface area contributed by atoms with Crippen LogP contribution in [0.5, 0.6) is 5.75 Å². The molecule has 0 aliphatic heterocycles. The Morgan fingerprint density at radius 1 is 1.39 bits per heavy atom. The van der Waals surface area contributed by atoms with Gasteiger partial charge in [0.05, 0.1) is 12.9 Å². The summed E-state index contributed by atoms with van der Waals surface area (Å²) in [6, 6.07) is 7.93. The number of rotatable bonds is 6. The molecule has 1 aromatic heterocycles.